The molecule has 0 unspecified atom stereocenters. The van der Waals surface area contributed by atoms with Gasteiger partial charge in [0.2, 0.25) is 0 Å². The highest BCUT2D eigenvalue weighted by Crippen LogP contribution is 2.24. The standard InChI is InChI=1S/C24H27N5/c1-28(2)13-14-29(17-19-7-4-3-5-8-19)18-20-9-6-10-21(15-20)22-11-12-23-24(16-22)26-27-25-23/h3-12,15-16H,13-14,17-18H2,1-2H3,(H,25,26,27). The molecule has 0 aliphatic heterocycles. The number of H-pyrrole nitrogens is 1. The summed E-state index contributed by atoms with van der Waals surface area (Å²) in [5.74, 6) is 0. The van der Waals surface area contributed by atoms with E-state index in [2.05, 4.69) is 106 Å². The molecule has 3 aromatic carbocycles. The molecule has 1 N–H and O–H groups in total. The topological polar surface area (TPSA) is 48.0 Å². The van der Waals surface area contributed by atoms with Crippen LogP contribution in [0, 0.1) is 0 Å². The van der Waals surface area contributed by atoms with Crippen molar-refractivity contribution >= 4 is 11.0 Å². The van der Waals surface area contributed by atoms with Crippen molar-refractivity contribution < 1.29 is 0 Å². The zero-order chi connectivity index (χ0) is 20.1. The third-order valence-electron chi connectivity index (χ3n) is 5.10. The van der Waals surface area contributed by atoms with Crippen LogP contribution in [-0.2, 0) is 13.1 Å². The van der Waals surface area contributed by atoms with Gasteiger partial charge in [-0.2, -0.15) is 15.4 Å². The van der Waals surface area contributed by atoms with Crippen molar-refractivity contribution in [3.05, 3.63) is 83.9 Å². The molecular formula is C24H27N5. The van der Waals surface area contributed by atoms with Gasteiger partial charge in [-0.3, -0.25) is 4.90 Å². The fourth-order valence-electron chi connectivity index (χ4n) is 3.52. The quantitative estimate of drug-likeness (QED) is 0.494. The van der Waals surface area contributed by atoms with Gasteiger partial charge < -0.3 is 4.90 Å². The van der Waals surface area contributed by atoms with Crippen molar-refractivity contribution in [1.29, 1.82) is 0 Å². The van der Waals surface area contributed by atoms with Crippen molar-refractivity contribution in [3.63, 3.8) is 0 Å². The zero-order valence-corrected chi connectivity index (χ0v) is 17.0. The minimum atomic E-state index is 0.891. The zero-order valence-electron chi connectivity index (χ0n) is 17.0. The van der Waals surface area contributed by atoms with Crippen molar-refractivity contribution in [1.82, 2.24) is 25.2 Å². The normalized spacial score (nSPS) is 11.6. The fraction of sp³-hybridized carbons (Fsp3) is 0.250. The van der Waals surface area contributed by atoms with E-state index in [9.17, 15) is 0 Å². The molecule has 148 valence electrons. The number of aromatic nitrogens is 3. The first-order valence-corrected chi connectivity index (χ1v) is 9.98. The third kappa shape index (κ3) is 5.08. The van der Waals surface area contributed by atoms with Gasteiger partial charge in [0.25, 0.3) is 0 Å². The summed E-state index contributed by atoms with van der Waals surface area (Å²) in [7, 11) is 4.25. The summed E-state index contributed by atoms with van der Waals surface area (Å²) in [5.41, 5.74) is 6.82. The van der Waals surface area contributed by atoms with Gasteiger partial charge in [-0.15, -0.1) is 0 Å². The molecular weight excluding hydrogens is 358 g/mol. The molecule has 1 heterocycles. The minimum Gasteiger partial charge on any atom is -0.308 e. The Morgan fingerprint density at radius 1 is 0.690 bits per heavy atom. The molecule has 1 aromatic heterocycles. The lowest BCUT2D eigenvalue weighted by atomic mass is 10.0. The molecule has 5 nitrogen and oxygen atoms in total. The number of aromatic amines is 1. The maximum atomic E-state index is 4.21. The van der Waals surface area contributed by atoms with Crippen molar-refractivity contribution in [2.24, 2.45) is 0 Å². The summed E-state index contributed by atoms with van der Waals surface area (Å²) in [6.07, 6.45) is 0. The van der Waals surface area contributed by atoms with E-state index in [1.54, 1.807) is 0 Å². The number of fused-ring (bicyclic) bond motifs is 1. The second-order valence-corrected chi connectivity index (χ2v) is 7.73. The van der Waals surface area contributed by atoms with Crippen LogP contribution in [0.5, 0.6) is 0 Å². The molecule has 4 rings (SSSR count). The molecule has 0 aliphatic rings. The minimum absolute atomic E-state index is 0.891. The third-order valence-corrected chi connectivity index (χ3v) is 5.10. The van der Waals surface area contributed by atoms with E-state index in [-0.39, 0.29) is 0 Å². The van der Waals surface area contributed by atoms with Crippen LogP contribution in [0.25, 0.3) is 22.2 Å². The molecule has 29 heavy (non-hydrogen) atoms. The Balaban J connectivity index is 1.54. The first kappa shape index (κ1) is 19.3. The molecule has 5 heteroatoms. The van der Waals surface area contributed by atoms with Crippen molar-refractivity contribution in [2.75, 3.05) is 27.2 Å². The smallest absolute Gasteiger partial charge is 0.113 e. The van der Waals surface area contributed by atoms with E-state index in [1.807, 2.05) is 6.07 Å². The summed E-state index contributed by atoms with van der Waals surface area (Å²) in [6, 6.07) is 25.7. The lowest BCUT2D eigenvalue weighted by Crippen LogP contribution is -2.31. The Hall–Kier alpha value is -3.02. The highest BCUT2D eigenvalue weighted by atomic mass is 15.3. The second kappa shape index (κ2) is 8.99. The number of benzene rings is 3. The Bertz CT molecular complexity index is 1060. The van der Waals surface area contributed by atoms with Gasteiger partial charge in [-0.1, -0.05) is 54.6 Å². The van der Waals surface area contributed by atoms with Crippen LogP contribution in [0.3, 0.4) is 0 Å². The largest absolute Gasteiger partial charge is 0.308 e. The second-order valence-electron chi connectivity index (χ2n) is 7.73. The predicted octanol–water partition coefficient (Wildman–Crippen LogP) is 4.19. The predicted molar refractivity (Wildman–Crippen MR) is 118 cm³/mol. The van der Waals surface area contributed by atoms with Crippen molar-refractivity contribution in [3.8, 4) is 11.1 Å². The molecule has 0 amide bonds. The van der Waals surface area contributed by atoms with Gasteiger partial charge in [0.1, 0.15) is 11.0 Å². The number of nitrogens with one attached hydrogen (secondary N) is 1. The maximum Gasteiger partial charge on any atom is 0.113 e. The van der Waals surface area contributed by atoms with Gasteiger partial charge in [0.15, 0.2) is 0 Å². The van der Waals surface area contributed by atoms with Crippen LogP contribution in [0.2, 0.25) is 0 Å². The average molecular weight is 386 g/mol. The Kier molecular flexibility index (Phi) is 5.98. The van der Waals surface area contributed by atoms with Gasteiger partial charge in [0, 0.05) is 26.2 Å². The van der Waals surface area contributed by atoms with Crippen LogP contribution in [0.1, 0.15) is 11.1 Å². The lowest BCUT2D eigenvalue weighted by Gasteiger charge is -2.24. The molecule has 0 atom stereocenters. The monoisotopic (exact) mass is 385 g/mol. The average Bonchev–Trinajstić information content (AvgIpc) is 3.21. The summed E-state index contributed by atoms with van der Waals surface area (Å²) in [4.78, 5) is 4.75. The Morgan fingerprint density at radius 2 is 1.41 bits per heavy atom. The summed E-state index contributed by atoms with van der Waals surface area (Å²) >= 11 is 0. The van der Waals surface area contributed by atoms with Crippen LogP contribution in [0.15, 0.2) is 72.8 Å². The first-order chi connectivity index (χ1) is 14.2. The summed E-state index contributed by atoms with van der Waals surface area (Å²) in [5, 5.41) is 11.0. The number of hydrogen-bond donors (Lipinski definition) is 1. The Labute approximate surface area is 172 Å². The van der Waals surface area contributed by atoms with E-state index in [0.29, 0.717) is 0 Å². The SMILES string of the molecule is CN(C)CCN(Cc1ccccc1)Cc1cccc(-c2ccc3n[nH]nc3c2)c1. The molecule has 0 saturated heterocycles. The van der Waals surface area contributed by atoms with Crippen LogP contribution in [0.4, 0.5) is 0 Å². The van der Waals surface area contributed by atoms with E-state index in [0.717, 1.165) is 42.8 Å². The number of rotatable bonds is 8. The maximum absolute atomic E-state index is 4.21. The number of hydrogen-bond acceptors (Lipinski definition) is 4. The van der Waals surface area contributed by atoms with E-state index in [1.165, 1.54) is 16.7 Å². The number of nitrogens with zero attached hydrogens (tertiary/aromatic N) is 4. The van der Waals surface area contributed by atoms with E-state index >= 15 is 0 Å². The van der Waals surface area contributed by atoms with Crippen LogP contribution >= 0.6 is 0 Å². The van der Waals surface area contributed by atoms with Gasteiger partial charge in [-0.25, -0.2) is 0 Å². The molecule has 0 aliphatic carbocycles. The number of likely N-dealkylation sites (N-methyl/N-ethyl adjacent to an activating group) is 1. The molecule has 0 radical (unpaired) electrons. The summed E-state index contributed by atoms with van der Waals surface area (Å²) in [6.45, 7) is 3.93. The van der Waals surface area contributed by atoms with Gasteiger partial charge >= 0.3 is 0 Å². The molecule has 0 bridgehead atoms. The van der Waals surface area contributed by atoms with Crippen LogP contribution < -0.4 is 0 Å². The molecule has 0 fully saturated rings. The molecule has 0 spiro atoms. The van der Waals surface area contributed by atoms with E-state index in [4.69, 9.17) is 0 Å². The first-order valence-electron chi connectivity index (χ1n) is 9.98. The van der Waals surface area contributed by atoms with Gasteiger partial charge in [-0.05, 0) is 54.5 Å². The van der Waals surface area contributed by atoms with Crippen LogP contribution in [-0.4, -0.2) is 52.4 Å². The molecule has 0 saturated carbocycles. The lowest BCUT2D eigenvalue weighted by molar-refractivity contribution is 0.226. The van der Waals surface area contributed by atoms with Gasteiger partial charge in [0.05, 0.1) is 0 Å². The van der Waals surface area contributed by atoms with Crippen molar-refractivity contribution in [2.45, 2.75) is 13.1 Å². The highest BCUT2D eigenvalue weighted by molar-refractivity contribution is 5.80. The highest BCUT2D eigenvalue weighted by Gasteiger charge is 2.09. The molecule has 4 aromatic rings. The Morgan fingerprint density at radius 3 is 2.24 bits per heavy atom. The fourth-order valence-corrected chi connectivity index (χ4v) is 3.52. The summed E-state index contributed by atoms with van der Waals surface area (Å²) < 4.78 is 0. The van der Waals surface area contributed by atoms with E-state index < -0.39 is 0 Å².